The molecule has 0 fully saturated rings. The monoisotopic (exact) mass is 256 g/mol. The molecule has 0 saturated heterocycles. The van der Waals surface area contributed by atoms with Gasteiger partial charge < -0.3 is 9.88 Å². The van der Waals surface area contributed by atoms with Crippen molar-refractivity contribution in [1.29, 1.82) is 0 Å². The van der Waals surface area contributed by atoms with Crippen LogP contribution >= 0.6 is 11.3 Å². The van der Waals surface area contributed by atoms with Gasteiger partial charge in [-0.3, -0.25) is 0 Å². The van der Waals surface area contributed by atoms with Crippen LogP contribution in [0, 0.1) is 0 Å². The minimum atomic E-state index is 0.913. The molecule has 0 unspecified atom stereocenters. The molecule has 4 heterocycles. The van der Waals surface area contributed by atoms with Gasteiger partial charge in [-0.15, -0.1) is 11.3 Å². The average Bonchev–Trinajstić information content (AvgIpc) is 3.05. The lowest BCUT2D eigenvalue weighted by Gasteiger charge is -2.28. The zero-order chi connectivity index (χ0) is 11.9. The van der Waals surface area contributed by atoms with Crippen LogP contribution in [0.2, 0.25) is 0 Å². The third-order valence-corrected chi connectivity index (χ3v) is 4.46. The topological polar surface area (TPSA) is 44.8 Å². The van der Waals surface area contributed by atoms with E-state index in [0.717, 1.165) is 36.4 Å². The molecule has 3 aromatic rings. The molecule has 0 saturated carbocycles. The van der Waals surface area contributed by atoms with E-state index in [0.29, 0.717) is 0 Å². The molecule has 0 aliphatic carbocycles. The highest BCUT2D eigenvalue weighted by atomic mass is 32.1. The van der Waals surface area contributed by atoms with Crippen molar-refractivity contribution in [3.63, 3.8) is 0 Å². The van der Waals surface area contributed by atoms with Crippen LogP contribution in [0.3, 0.4) is 0 Å². The molecule has 0 atom stereocenters. The molecule has 1 aliphatic rings. The Kier molecular flexibility index (Phi) is 2.14. The number of thiophene rings is 1. The molecule has 0 spiro atoms. The van der Waals surface area contributed by atoms with Crippen molar-refractivity contribution >= 4 is 28.2 Å². The number of anilines is 1. The summed E-state index contributed by atoms with van der Waals surface area (Å²) in [5.74, 6) is 1.04. The molecule has 4 rings (SSSR count). The van der Waals surface area contributed by atoms with Gasteiger partial charge in [0.1, 0.15) is 17.8 Å². The van der Waals surface area contributed by atoms with Gasteiger partial charge in [-0.2, -0.15) is 0 Å². The van der Waals surface area contributed by atoms with Crippen LogP contribution < -0.4 is 4.90 Å². The van der Waals surface area contributed by atoms with Crippen molar-refractivity contribution in [1.82, 2.24) is 15.0 Å². The normalized spacial score (nSPS) is 15.0. The first-order valence-corrected chi connectivity index (χ1v) is 6.88. The minimum absolute atomic E-state index is 0.913. The van der Waals surface area contributed by atoms with Crippen LogP contribution in [0.1, 0.15) is 10.4 Å². The van der Waals surface area contributed by atoms with Gasteiger partial charge in [0.15, 0.2) is 0 Å². The molecule has 90 valence electrons. The van der Waals surface area contributed by atoms with Crippen LogP contribution in [0.5, 0.6) is 0 Å². The Bertz CT molecular complexity index is 700. The highest BCUT2D eigenvalue weighted by molar-refractivity contribution is 7.10. The van der Waals surface area contributed by atoms with Gasteiger partial charge in [0.25, 0.3) is 0 Å². The lowest BCUT2D eigenvalue weighted by atomic mass is 10.1. The lowest BCUT2D eigenvalue weighted by Crippen LogP contribution is -2.30. The van der Waals surface area contributed by atoms with E-state index < -0.39 is 0 Å². The second kappa shape index (κ2) is 3.81. The number of nitrogens with zero attached hydrogens (tertiary/aromatic N) is 3. The number of hydrogen-bond donors (Lipinski definition) is 1. The summed E-state index contributed by atoms with van der Waals surface area (Å²) in [7, 11) is 0. The van der Waals surface area contributed by atoms with E-state index in [-0.39, 0.29) is 0 Å². The molecule has 0 amide bonds. The van der Waals surface area contributed by atoms with Gasteiger partial charge in [0.2, 0.25) is 0 Å². The summed E-state index contributed by atoms with van der Waals surface area (Å²) in [6.07, 6.45) is 4.67. The number of fused-ring (bicyclic) bond motifs is 2. The van der Waals surface area contributed by atoms with E-state index in [9.17, 15) is 0 Å². The summed E-state index contributed by atoms with van der Waals surface area (Å²) >= 11 is 1.86. The third kappa shape index (κ3) is 1.44. The molecular weight excluding hydrogens is 244 g/mol. The number of aromatic nitrogens is 3. The highest BCUT2D eigenvalue weighted by Crippen LogP contribution is 2.29. The largest absolute Gasteiger partial charge is 0.351 e. The first kappa shape index (κ1) is 10.1. The maximum absolute atomic E-state index is 4.46. The fraction of sp³-hybridized carbons (Fsp3) is 0.231. The predicted octanol–water partition coefficient (Wildman–Crippen LogP) is 2.58. The third-order valence-electron chi connectivity index (χ3n) is 3.44. The summed E-state index contributed by atoms with van der Waals surface area (Å²) in [4.78, 5) is 15.7. The van der Waals surface area contributed by atoms with E-state index in [1.165, 1.54) is 10.4 Å². The van der Waals surface area contributed by atoms with Gasteiger partial charge in [-0.25, -0.2) is 9.97 Å². The Morgan fingerprint density at radius 1 is 1.28 bits per heavy atom. The van der Waals surface area contributed by atoms with Crippen molar-refractivity contribution in [3.8, 4) is 0 Å². The van der Waals surface area contributed by atoms with Gasteiger partial charge >= 0.3 is 0 Å². The number of nitrogens with one attached hydrogen (secondary N) is 1. The molecular formula is C13H12N4S. The fourth-order valence-electron chi connectivity index (χ4n) is 2.54. The summed E-state index contributed by atoms with van der Waals surface area (Å²) < 4.78 is 0. The Labute approximate surface area is 108 Å². The van der Waals surface area contributed by atoms with E-state index in [4.69, 9.17) is 0 Å². The van der Waals surface area contributed by atoms with Crippen molar-refractivity contribution in [2.24, 2.45) is 0 Å². The molecule has 1 N–H and O–H groups in total. The van der Waals surface area contributed by atoms with Gasteiger partial charge in [-0.05, 0) is 29.5 Å². The molecule has 0 aromatic carbocycles. The Morgan fingerprint density at radius 3 is 3.28 bits per heavy atom. The van der Waals surface area contributed by atoms with Gasteiger partial charge in [0.05, 0.1) is 5.39 Å². The minimum Gasteiger partial charge on any atom is -0.351 e. The second-order valence-electron chi connectivity index (χ2n) is 4.48. The summed E-state index contributed by atoms with van der Waals surface area (Å²) in [6.45, 7) is 1.99. The van der Waals surface area contributed by atoms with E-state index in [1.54, 1.807) is 6.33 Å². The van der Waals surface area contributed by atoms with Crippen LogP contribution in [0.4, 0.5) is 5.82 Å². The number of aromatic amines is 1. The van der Waals surface area contributed by atoms with Crippen LogP contribution in [-0.2, 0) is 13.0 Å². The molecule has 1 aliphatic heterocycles. The van der Waals surface area contributed by atoms with Crippen molar-refractivity contribution in [3.05, 3.63) is 40.5 Å². The quantitative estimate of drug-likeness (QED) is 0.728. The fourth-order valence-corrected chi connectivity index (χ4v) is 3.43. The van der Waals surface area contributed by atoms with Crippen LogP contribution in [0.15, 0.2) is 30.0 Å². The molecule has 18 heavy (non-hydrogen) atoms. The van der Waals surface area contributed by atoms with Gasteiger partial charge in [-0.1, -0.05) is 0 Å². The maximum atomic E-state index is 4.46. The van der Waals surface area contributed by atoms with E-state index in [1.807, 2.05) is 23.6 Å². The number of H-pyrrole nitrogens is 1. The second-order valence-corrected chi connectivity index (χ2v) is 5.48. The molecule has 3 aromatic heterocycles. The van der Waals surface area contributed by atoms with Crippen LogP contribution in [0.25, 0.3) is 11.0 Å². The zero-order valence-corrected chi connectivity index (χ0v) is 10.6. The average molecular weight is 256 g/mol. The van der Waals surface area contributed by atoms with Crippen molar-refractivity contribution in [2.45, 2.75) is 13.0 Å². The highest BCUT2D eigenvalue weighted by Gasteiger charge is 2.20. The van der Waals surface area contributed by atoms with E-state index in [2.05, 4.69) is 31.3 Å². The maximum Gasteiger partial charge on any atom is 0.142 e. The standard InChI is InChI=1S/C13H12N4S/c1-4-14-12-10(1)13(16-8-15-12)17-5-2-11-9(7-17)3-6-18-11/h1,3-4,6,8H,2,5,7H2,(H,14,15,16). The SMILES string of the molecule is c1nc(N2CCc3sccc3C2)c2cc[nH]c2n1. The lowest BCUT2D eigenvalue weighted by molar-refractivity contribution is 0.734. The van der Waals surface area contributed by atoms with Gasteiger partial charge in [0, 0.05) is 24.2 Å². The molecule has 0 bridgehead atoms. The van der Waals surface area contributed by atoms with Crippen molar-refractivity contribution in [2.75, 3.05) is 11.4 Å². The van der Waals surface area contributed by atoms with Crippen LogP contribution in [-0.4, -0.2) is 21.5 Å². The molecule has 5 heteroatoms. The van der Waals surface area contributed by atoms with E-state index >= 15 is 0 Å². The molecule has 0 radical (unpaired) electrons. The first-order chi connectivity index (χ1) is 8.92. The van der Waals surface area contributed by atoms with Crippen molar-refractivity contribution < 1.29 is 0 Å². The number of rotatable bonds is 1. The Morgan fingerprint density at radius 2 is 2.28 bits per heavy atom. The summed E-state index contributed by atoms with van der Waals surface area (Å²) in [5, 5.41) is 3.29. The Hall–Kier alpha value is -1.88. The summed E-state index contributed by atoms with van der Waals surface area (Å²) in [6, 6.07) is 4.27. The first-order valence-electron chi connectivity index (χ1n) is 6.00. The zero-order valence-electron chi connectivity index (χ0n) is 9.76. The number of hydrogen-bond acceptors (Lipinski definition) is 4. The predicted molar refractivity (Wildman–Crippen MR) is 73.0 cm³/mol. The summed E-state index contributed by atoms with van der Waals surface area (Å²) in [5.41, 5.74) is 2.35. The smallest absolute Gasteiger partial charge is 0.142 e. The Balaban J connectivity index is 1.78. The molecule has 4 nitrogen and oxygen atoms in total.